The molecule has 0 bridgehead atoms. The van der Waals surface area contributed by atoms with Crippen molar-refractivity contribution in [2.75, 3.05) is 37.6 Å². The van der Waals surface area contributed by atoms with Gasteiger partial charge in [0.15, 0.2) is 0 Å². The Bertz CT molecular complexity index is 658. The lowest BCUT2D eigenvalue weighted by atomic mass is 10.1. The van der Waals surface area contributed by atoms with E-state index in [4.69, 9.17) is 5.73 Å². The van der Waals surface area contributed by atoms with Gasteiger partial charge >= 0.3 is 0 Å². The molecule has 1 saturated carbocycles. The third-order valence-electron chi connectivity index (χ3n) is 4.30. The van der Waals surface area contributed by atoms with E-state index in [1.165, 1.54) is 6.07 Å². The molecule has 8 heteroatoms. The second-order valence-electron chi connectivity index (χ2n) is 6.25. The largest absolute Gasteiger partial charge is 0.368 e. The number of hydrogen-bond acceptors (Lipinski definition) is 4. The van der Waals surface area contributed by atoms with Crippen molar-refractivity contribution < 1.29 is 14.0 Å². The Morgan fingerprint density at radius 2 is 1.92 bits per heavy atom. The summed E-state index contributed by atoms with van der Waals surface area (Å²) < 4.78 is 14.6. The maximum Gasteiger partial charge on any atom is 0.253 e. The summed E-state index contributed by atoms with van der Waals surface area (Å²) in [6.07, 6.45) is 2.15. The quantitative estimate of drug-likeness (QED) is 0.777. The topological polar surface area (TPSA) is 78.7 Å². The number of hydrogen-bond donors (Lipinski definition) is 2. The molecule has 0 unspecified atom stereocenters. The molecular formula is C16H20BrFN4O2. The number of nitrogens with two attached hydrogens (primary N) is 1. The van der Waals surface area contributed by atoms with Crippen molar-refractivity contribution in [2.24, 2.45) is 5.73 Å². The maximum absolute atomic E-state index is 14.1. The summed E-state index contributed by atoms with van der Waals surface area (Å²) in [6.45, 7) is 2.93. The average molecular weight is 399 g/mol. The van der Waals surface area contributed by atoms with E-state index in [2.05, 4.69) is 26.1 Å². The monoisotopic (exact) mass is 398 g/mol. The summed E-state index contributed by atoms with van der Waals surface area (Å²) >= 11 is 3.25. The first-order chi connectivity index (χ1) is 11.4. The molecule has 130 valence electrons. The van der Waals surface area contributed by atoms with Crippen LogP contribution in [0.15, 0.2) is 16.6 Å². The van der Waals surface area contributed by atoms with Gasteiger partial charge in [-0.1, -0.05) is 15.9 Å². The fourth-order valence-electron chi connectivity index (χ4n) is 2.90. The number of amides is 2. The van der Waals surface area contributed by atoms with Crippen LogP contribution in [-0.4, -0.2) is 55.5 Å². The highest BCUT2D eigenvalue weighted by molar-refractivity contribution is 9.10. The minimum Gasteiger partial charge on any atom is -0.368 e. The fraction of sp³-hybridized carbons (Fsp3) is 0.500. The third kappa shape index (κ3) is 4.05. The van der Waals surface area contributed by atoms with Crippen molar-refractivity contribution in [2.45, 2.75) is 18.9 Å². The van der Waals surface area contributed by atoms with E-state index >= 15 is 0 Å². The molecule has 0 spiro atoms. The molecule has 2 amide bonds. The highest BCUT2D eigenvalue weighted by Crippen LogP contribution is 2.28. The van der Waals surface area contributed by atoms with E-state index < -0.39 is 11.7 Å². The predicted molar refractivity (Wildman–Crippen MR) is 92.4 cm³/mol. The SMILES string of the molecule is NC(=O)c1c(F)cc(Br)cc1N1CCN(CC(=O)NC2CC2)CC1. The molecular weight excluding hydrogens is 379 g/mol. The number of anilines is 1. The molecule has 2 aliphatic rings. The number of primary amides is 1. The molecule has 1 aliphatic heterocycles. The summed E-state index contributed by atoms with van der Waals surface area (Å²) in [7, 11) is 0. The van der Waals surface area contributed by atoms with Gasteiger partial charge in [0.2, 0.25) is 5.91 Å². The summed E-state index contributed by atoms with van der Waals surface area (Å²) in [6, 6.07) is 3.31. The zero-order chi connectivity index (χ0) is 17.3. The molecule has 1 heterocycles. The zero-order valence-corrected chi connectivity index (χ0v) is 14.8. The Morgan fingerprint density at radius 3 is 2.50 bits per heavy atom. The molecule has 0 atom stereocenters. The first kappa shape index (κ1) is 17.2. The summed E-state index contributed by atoms with van der Waals surface area (Å²) in [4.78, 5) is 27.5. The molecule has 0 aromatic heterocycles. The standard InChI is InChI=1S/C16H20BrFN4O2/c17-10-7-12(18)15(16(19)24)13(8-10)22-5-3-21(4-6-22)9-14(23)20-11-1-2-11/h7-8,11H,1-6,9H2,(H2,19,24)(H,20,23). The maximum atomic E-state index is 14.1. The van der Waals surface area contributed by atoms with Crippen molar-refractivity contribution in [3.8, 4) is 0 Å². The normalized spacial score (nSPS) is 18.5. The minimum atomic E-state index is -0.777. The van der Waals surface area contributed by atoms with E-state index in [-0.39, 0.29) is 11.5 Å². The molecule has 3 rings (SSSR count). The predicted octanol–water partition coefficient (Wildman–Crippen LogP) is 1.09. The van der Waals surface area contributed by atoms with Crippen molar-refractivity contribution in [3.63, 3.8) is 0 Å². The Morgan fingerprint density at radius 1 is 1.25 bits per heavy atom. The van der Waals surface area contributed by atoms with Crippen LogP contribution in [0.4, 0.5) is 10.1 Å². The van der Waals surface area contributed by atoms with Crippen LogP contribution in [0.2, 0.25) is 0 Å². The van der Waals surface area contributed by atoms with Gasteiger partial charge in [-0.3, -0.25) is 14.5 Å². The molecule has 0 radical (unpaired) electrons. The van der Waals surface area contributed by atoms with Crippen LogP contribution in [0.1, 0.15) is 23.2 Å². The van der Waals surface area contributed by atoms with Crippen molar-refractivity contribution in [1.29, 1.82) is 0 Å². The van der Waals surface area contributed by atoms with Crippen molar-refractivity contribution in [3.05, 3.63) is 28.0 Å². The highest BCUT2D eigenvalue weighted by Gasteiger charge is 2.27. The molecule has 24 heavy (non-hydrogen) atoms. The van der Waals surface area contributed by atoms with Gasteiger partial charge in [-0.25, -0.2) is 4.39 Å². The first-order valence-corrected chi connectivity index (χ1v) is 8.79. The molecule has 1 aromatic carbocycles. The second-order valence-corrected chi connectivity index (χ2v) is 7.17. The Balaban J connectivity index is 1.64. The Labute approximate surface area is 148 Å². The lowest BCUT2D eigenvalue weighted by Crippen LogP contribution is -2.50. The number of nitrogens with zero attached hydrogens (tertiary/aromatic N) is 2. The van der Waals surface area contributed by atoms with Crippen LogP contribution >= 0.6 is 15.9 Å². The molecule has 3 N–H and O–H groups in total. The van der Waals surface area contributed by atoms with Gasteiger partial charge in [0.25, 0.3) is 5.91 Å². The van der Waals surface area contributed by atoms with Crippen LogP contribution in [-0.2, 0) is 4.79 Å². The van der Waals surface area contributed by atoms with Gasteiger partial charge in [-0.2, -0.15) is 0 Å². The van der Waals surface area contributed by atoms with Gasteiger partial charge in [0.05, 0.1) is 17.8 Å². The van der Waals surface area contributed by atoms with Gasteiger partial charge in [0.1, 0.15) is 5.82 Å². The molecule has 1 saturated heterocycles. The zero-order valence-electron chi connectivity index (χ0n) is 13.2. The molecule has 2 fully saturated rings. The summed E-state index contributed by atoms with van der Waals surface area (Å²) in [5.41, 5.74) is 5.74. The van der Waals surface area contributed by atoms with Gasteiger partial charge in [-0.05, 0) is 25.0 Å². The Kier molecular flexibility index (Phi) is 5.05. The third-order valence-corrected chi connectivity index (χ3v) is 4.76. The summed E-state index contributed by atoms with van der Waals surface area (Å²) in [5.74, 6) is -1.35. The number of rotatable bonds is 5. The van der Waals surface area contributed by atoms with Crippen molar-refractivity contribution >= 4 is 33.4 Å². The highest BCUT2D eigenvalue weighted by atomic mass is 79.9. The number of nitrogens with one attached hydrogen (secondary N) is 1. The van der Waals surface area contributed by atoms with E-state index in [1.807, 2.05) is 4.90 Å². The lowest BCUT2D eigenvalue weighted by molar-refractivity contribution is -0.122. The first-order valence-electron chi connectivity index (χ1n) is 7.99. The van der Waals surface area contributed by atoms with Gasteiger partial charge in [-0.15, -0.1) is 0 Å². The summed E-state index contributed by atoms with van der Waals surface area (Å²) in [5, 5.41) is 2.97. The van der Waals surface area contributed by atoms with Crippen LogP contribution in [0, 0.1) is 5.82 Å². The number of piperazine rings is 1. The molecule has 1 aromatic rings. The van der Waals surface area contributed by atoms with E-state index in [1.54, 1.807) is 6.07 Å². The fourth-order valence-corrected chi connectivity index (χ4v) is 3.32. The van der Waals surface area contributed by atoms with Crippen LogP contribution in [0.25, 0.3) is 0 Å². The lowest BCUT2D eigenvalue weighted by Gasteiger charge is -2.36. The smallest absolute Gasteiger partial charge is 0.253 e. The van der Waals surface area contributed by atoms with E-state index in [0.29, 0.717) is 48.9 Å². The van der Waals surface area contributed by atoms with Crippen LogP contribution in [0.5, 0.6) is 0 Å². The second kappa shape index (κ2) is 7.06. The van der Waals surface area contributed by atoms with Gasteiger partial charge < -0.3 is 16.0 Å². The number of carbonyl (C=O) groups excluding carboxylic acids is 2. The van der Waals surface area contributed by atoms with Crippen molar-refractivity contribution in [1.82, 2.24) is 10.2 Å². The average Bonchev–Trinajstić information content (AvgIpc) is 3.30. The van der Waals surface area contributed by atoms with E-state index in [9.17, 15) is 14.0 Å². The molecule has 6 nitrogen and oxygen atoms in total. The van der Waals surface area contributed by atoms with Crippen LogP contribution in [0.3, 0.4) is 0 Å². The minimum absolute atomic E-state index is 0.0530. The van der Waals surface area contributed by atoms with E-state index in [0.717, 1.165) is 12.8 Å². The van der Waals surface area contributed by atoms with Gasteiger partial charge in [0, 0.05) is 36.7 Å². The number of carbonyl (C=O) groups is 2. The number of halogens is 2. The molecule has 1 aliphatic carbocycles. The Hall–Kier alpha value is -1.67. The number of benzene rings is 1. The van der Waals surface area contributed by atoms with Crippen LogP contribution < -0.4 is 16.0 Å².